The highest BCUT2D eigenvalue weighted by Gasteiger charge is 2.45. The molecule has 4 N–H and O–H groups in total. The minimum atomic E-state index is -4.67. The van der Waals surface area contributed by atoms with E-state index < -0.39 is 55.2 Å². The fourth-order valence-corrected chi connectivity index (χ4v) is 14.9. The van der Waals surface area contributed by atoms with Gasteiger partial charge in [-0.2, -0.15) is 0 Å². The van der Waals surface area contributed by atoms with Gasteiger partial charge in [-0.3, -0.25) is 48.6 Å². The summed E-state index contributed by atoms with van der Waals surface area (Å²) in [6.45, 7) is 16.1. The van der Waals surface area contributed by atoms with Gasteiger partial charge in [-0.1, -0.05) is 67.1 Å². The van der Waals surface area contributed by atoms with Crippen LogP contribution in [0.2, 0.25) is 5.02 Å². The van der Waals surface area contributed by atoms with Crippen molar-refractivity contribution in [3.63, 3.8) is 0 Å². The molecule has 0 bridgehead atoms. The maximum Gasteiger partial charge on any atom is 0.293 e. The summed E-state index contributed by atoms with van der Waals surface area (Å²) in [4.78, 5) is 93.2. The molecule has 101 heavy (non-hydrogen) atoms. The van der Waals surface area contributed by atoms with Crippen LogP contribution in [0.4, 0.5) is 17.1 Å². The van der Waals surface area contributed by atoms with Crippen molar-refractivity contribution >= 4 is 84.8 Å². The number of likely N-dealkylation sites (tertiary alicyclic amines) is 1. The molecular weight excluding hydrogens is 1330 g/mol. The molecule has 12 rings (SSSR count). The third-order valence-corrected chi connectivity index (χ3v) is 20.9. The molecule has 1 atom stereocenters. The number of sulfonamides is 1. The normalized spacial score (nSPS) is 17.6. The van der Waals surface area contributed by atoms with Crippen LogP contribution >= 0.6 is 11.6 Å². The first kappa shape index (κ1) is 71.4. The number of amides is 5. The first-order valence-electron chi connectivity index (χ1n) is 34.4. The molecule has 3 aromatic heterocycles. The Bertz CT molecular complexity index is 4390. The molecule has 3 fully saturated rings. The number of piperidine rings is 2. The predicted octanol–water partition coefficient (Wildman–Crippen LogP) is 10.1. The van der Waals surface area contributed by atoms with Gasteiger partial charge in [-0.15, -0.1) is 5.10 Å². The molecule has 4 aromatic carbocycles. The molecule has 7 aromatic rings. The lowest BCUT2D eigenvalue weighted by Gasteiger charge is -2.39. The second kappa shape index (κ2) is 32.1. The highest BCUT2D eigenvalue weighted by molar-refractivity contribution is 7.90. The summed E-state index contributed by atoms with van der Waals surface area (Å²) < 4.78 is 55.3. The molecule has 0 spiro atoms. The van der Waals surface area contributed by atoms with Gasteiger partial charge in [0, 0.05) is 112 Å². The van der Waals surface area contributed by atoms with Crippen LogP contribution in [0.1, 0.15) is 126 Å². The van der Waals surface area contributed by atoms with Crippen LogP contribution in [-0.4, -0.2) is 174 Å². The quantitative estimate of drug-likeness (QED) is 0.0141. The minimum absolute atomic E-state index is 0.0129. The number of aromatic amines is 1. The SMILES string of the molecule is C=C1CCC(N2C(=O)c3cccc(CCCOCCOCCOCc4cn(CCCC(=O)N5CCC(CNc6ccc(S(=O)(=O)NC(=O)c7ccc(N8CCN(CC9=C(c%10ccc(Cl)cc%10)CC(C)(C)CC9)CC8)cc7Oc7cnc8[nH]ccc8c7)cc6[N+](=O)[O-])CC5)nn4)c3C2=O)C(=O)N1. The van der Waals surface area contributed by atoms with E-state index in [2.05, 4.69) is 78.0 Å². The number of aromatic nitrogens is 5. The number of halogens is 1. The molecule has 0 saturated carbocycles. The Balaban J connectivity index is 0.552. The number of nitrogens with zero attached hydrogens (tertiary/aromatic N) is 9. The lowest BCUT2D eigenvalue weighted by molar-refractivity contribution is -0.384. The van der Waals surface area contributed by atoms with E-state index in [4.69, 9.17) is 30.5 Å². The number of rotatable bonds is 30. The minimum Gasteiger partial charge on any atom is -0.455 e. The molecule has 5 aliphatic rings. The van der Waals surface area contributed by atoms with Crippen molar-refractivity contribution in [2.45, 2.75) is 109 Å². The van der Waals surface area contributed by atoms with Crippen molar-refractivity contribution in [2.75, 3.05) is 95.6 Å². The molecule has 5 amide bonds. The van der Waals surface area contributed by atoms with E-state index in [1.54, 1.807) is 47.4 Å². The standard InChI is InChI=1S/C73H84ClN13O13S/c1-48-11-20-63(70(90)78-48)86-71(91)60-9-4-7-51(67(60)72(86)92)8-6-34-97-35-36-98-37-38-99-47-55-46-85(81-79-55)27-5-10-66(88)84-28-23-49(24-29-84)43-76-62-19-17-58(41-64(62)87(93)94)101(95,96)80-69(89)59-18-16-56(40-65(59)100-57-39-52-22-26-75-68(52)77-44-57)83-32-30-82(31-33-83)45-53-21-25-73(2,3)42-61(53)50-12-14-54(74)15-13-50/h4,7,9,12-19,22,26,39-41,44,46,49,63,76H,1,5-6,8,10-11,20-21,23-25,27-38,42-43,45,47H2,2-3H3,(H,75,77)(H,78,90)(H,80,89). The van der Waals surface area contributed by atoms with Crippen LogP contribution in [0.5, 0.6) is 11.5 Å². The number of nitro benzene ring substituents is 1. The van der Waals surface area contributed by atoms with Crippen molar-refractivity contribution in [3.05, 3.63) is 176 Å². The van der Waals surface area contributed by atoms with E-state index in [1.807, 2.05) is 29.2 Å². The summed E-state index contributed by atoms with van der Waals surface area (Å²) in [6, 6.07) is 24.6. The highest BCUT2D eigenvalue weighted by Crippen LogP contribution is 2.44. The number of ether oxygens (including phenoxy) is 4. The molecule has 532 valence electrons. The Morgan fingerprint density at radius 3 is 2.41 bits per heavy atom. The number of nitro groups is 1. The number of allylic oxidation sites excluding steroid dienone is 2. The summed E-state index contributed by atoms with van der Waals surface area (Å²) in [5.74, 6) is -1.80. The van der Waals surface area contributed by atoms with Crippen LogP contribution in [0, 0.1) is 21.4 Å². The number of imide groups is 1. The number of carbonyl (C=O) groups is 5. The van der Waals surface area contributed by atoms with E-state index in [0.29, 0.717) is 163 Å². The second-order valence-electron chi connectivity index (χ2n) is 27.1. The van der Waals surface area contributed by atoms with E-state index in [0.717, 1.165) is 66.5 Å². The van der Waals surface area contributed by atoms with E-state index in [9.17, 15) is 42.5 Å². The number of piperazine rings is 1. The Kier molecular flexibility index (Phi) is 22.7. The number of fused-ring (bicyclic) bond motifs is 2. The summed E-state index contributed by atoms with van der Waals surface area (Å²) >= 11 is 6.28. The summed E-state index contributed by atoms with van der Waals surface area (Å²) in [7, 11) is -4.67. The largest absolute Gasteiger partial charge is 0.455 e. The molecule has 1 aliphatic carbocycles. The first-order chi connectivity index (χ1) is 48.7. The topological polar surface area (TPSA) is 308 Å². The number of hydrogen-bond acceptors (Lipinski definition) is 19. The maximum atomic E-state index is 14.2. The number of aryl methyl sites for hydroxylation is 2. The van der Waals surface area contributed by atoms with Gasteiger partial charge in [0.1, 0.15) is 34.6 Å². The van der Waals surface area contributed by atoms with Gasteiger partial charge in [0.2, 0.25) is 11.8 Å². The zero-order chi connectivity index (χ0) is 70.8. The van der Waals surface area contributed by atoms with Gasteiger partial charge in [0.05, 0.1) is 71.9 Å². The van der Waals surface area contributed by atoms with Gasteiger partial charge in [-0.25, -0.2) is 18.1 Å². The maximum absolute atomic E-state index is 14.2. The van der Waals surface area contributed by atoms with Crippen LogP contribution < -0.4 is 25.0 Å². The van der Waals surface area contributed by atoms with Gasteiger partial charge >= 0.3 is 0 Å². The molecule has 4 aliphatic heterocycles. The predicted molar refractivity (Wildman–Crippen MR) is 379 cm³/mol. The fraction of sp³-hybridized carbons (Fsp3) is 0.425. The van der Waals surface area contributed by atoms with Gasteiger partial charge in [0.25, 0.3) is 33.4 Å². The van der Waals surface area contributed by atoms with Crippen molar-refractivity contribution in [2.24, 2.45) is 11.3 Å². The van der Waals surface area contributed by atoms with E-state index in [1.165, 1.54) is 41.1 Å². The number of hydrogen-bond donors (Lipinski definition) is 4. The smallest absolute Gasteiger partial charge is 0.293 e. The van der Waals surface area contributed by atoms with Crippen molar-refractivity contribution in [1.82, 2.24) is 49.7 Å². The monoisotopic (exact) mass is 1420 g/mol. The number of pyridine rings is 1. The van der Waals surface area contributed by atoms with Crippen molar-refractivity contribution in [1.29, 1.82) is 0 Å². The zero-order valence-electron chi connectivity index (χ0n) is 56.8. The summed E-state index contributed by atoms with van der Waals surface area (Å²) in [6.07, 6.45) is 12.3. The molecule has 3 saturated heterocycles. The number of anilines is 2. The van der Waals surface area contributed by atoms with E-state index in [-0.39, 0.29) is 40.8 Å². The summed E-state index contributed by atoms with van der Waals surface area (Å²) in [5, 5.41) is 28.2. The van der Waals surface area contributed by atoms with Crippen LogP contribution in [0.15, 0.2) is 132 Å². The van der Waals surface area contributed by atoms with Crippen LogP contribution in [0.25, 0.3) is 16.6 Å². The molecule has 1 unspecified atom stereocenters. The van der Waals surface area contributed by atoms with Crippen molar-refractivity contribution in [3.8, 4) is 11.5 Å². The van der Waals surface area contributed by atoms with Gasteiger partial charge in [0.15, 0.2) is 0 Å². The molecule has 7 heterocycles. The van der Waals surface area contributed by atoms with Crippen molar-refractivity contribution < 1.29 is 56.3 Å². The fourth-order valence-electron chi connectivity index (χ4n) is 13.8. The number of H-pyrrole nitrogens is 1. The number of nitrogens with one attached hydrogen (secondary N) is 4. The third-order valence-electron chi connectivity index (χ3n) is 19.4. The summed E-state index contributed by atoms with van der Waals surface area (Å²) in [5.41, 5.74) is 7.82. The number of carbonyl (C=O) groups excluding carboxylic acids is 5. The highest BCUT2D eigenvalue weighted by atomic mass is 35.5. The molecule has 28 heteroatoms. The van der Waals surface area contributed by atoms with Crippen LogP contribution in [0.3, 0.4) is 0 Å². The zero-order valence-corrected chi connectivity index (χ0v) is 58.3. The third kappa shape index (κ3) is 17.7. The second-order valence-corrected chi connectivity index (χ2v) is 29.2. The average Bonchev–Trinajstić information content (AvgIpc) is 1.20. The Morgan fingerprint density at radius 2 is 1.63 bits per heavy atom. The Labute approximate surface area is 590 Å². The number of benzene rings is 4. The van der Waals surface area contributed by atoms with Gasteiger partial charge in [-0.05, 0) is 147 Å². The lowest BCUT2D eigenvalue weighted by atomic mass is 9.72. The lowest BCUT2D eigenvalue weighted by Crippen LogP contribution is -2.51. The molecule has 26 nitrogen and oxygen atoms in total. The molecule has 0 radical (unpaired) electrons. The Morgan fingerprint density at radius 1 is 0.861 bits per heavy atom. The first-order valence-corrected chi connectivity index (χ1v) is 36.3. The average molecular weight is 1420 g/mol. The Hall–Kier alpha value is -9.38. The molecular formula is C73H84ClN13O13S. The van der Waals surface area contributed by atoms with Gasteiger partial charge < -0.3 is 44.4 Å². The van der Waals surface area contributed by atoms with Crippen LogP contribution in [-0.2, 0) is 53.4 Å². The van der Waals surface area contributed by atoms with E-state index >= 15 is 0 Å².